The molecular formula is C20H25F3N6O2. The molecule has 0 aliphatic carbocycles. The fraction of sp³-hybridized carbons (Fsp3) is 0.450. The van der Waals surface area contributed by atoms with Crippen molar-refractivity contribution in [3.05, 3.63) is 41.2 Å². The molecule has 31 heavy (non-hydrogen) atoms. The highest BCUT2D eigenvalue weighted by Gasteiger charge is 2.30. The molecule has 0 saturated carbocycles. The van der Waals surface area contributed by atoms with Gasteiger partial charge in [0.1, 0.15) is 5.82 Å². The first kappa shape index (κ1) is 22.8. The van der Waals surface area contributed by atoms with Crippen LogP contribution >= 0.6 is 0 Å². The minimum atomic E-state index is -4.38. The standard InChI is InChI=1S/C20H25F3N6O2/c1-12(2)29-18-16(28-19(29)24-8-10-31)17(26-15(27-18)7-9-30)25-11-13-3-5-14(6-4-13)20(21,22)23/h3-6,12,30-31H,7-11H2,1-2H3,(H,24,28)(H,25,26,27). The third kappa shape index (κ3) is 5.23. The van der Waals surface area contributed by atoms with Gasteiger partial charge in [0, 0.05) is 25.6 Å². The Bertz CT molecular complexity index is 1020. The second-order valence-corrected chi connectivity index (χ2v) is 7.23. The molecule has 0 spiro atoms. The maximum atomic E-state index is 12.8. The second kappa shape index (κ2) is 9.48. The number of alkyl halides is 3. The van der Waals surface area contributed by atoms with Gasteiger partial charge in [0.2, 0.25) is 5.95 Å². The average molecular weight is 438 g/mol. The summed E-state index contributed by atoms with van der Waals surface area (Å²) < 4.78 is 40.2. The van der Waals surface area contributed by atoms with E-state index in [1.807, 2.05) is 18.4 Å². The van der Waals surface area contributed by atoms with Gasteiger partial charge < -0.3 is 20.8 Å². The van der Waals surface area contributed by atoms with Crippen molar-refractivity contribution >= 4 is 22.9 Å². The van der Waals surface area contributed by atoms with E-state index in [1.54, 1.807) is 0 Å². The van der Waals surface area contributed by atoms with Crippen LogP contribution < -0.4 is 10.6 Å². The second-order valence-electron chi connectivity index (χ2n) is 7.23. The van der Waals surface area contributed by atoms with Crippen LogP contribution in [0.1, 0.15) is 36.8 Å². The summed E-state index contributed by atoms with van der Waals surface area (Å²) in [5.74, 6) is 1.35. The molecule has 2 aromatic heterocycles. The molecule has 0 radical (unpaired) electrons. The van der Waals surface area contributed by atoms with Crippen molar-refractivity contribution in [2.45, 2.75) is 39.0 Å². The molecule has 0 aliphatic rings. The molecule has 3 aromatic rings. The number of anilines is 2. The normalized spacial score (nSPS) is 12.0. The Morgan fingerprint density at radius 1 is 1.00 bits per heavy atom. The number of aliphatic hydroxyl groups excluding tert-OH is 2. The van der Waals surface area contributed by atoms with Crippen LogP contribution in [-0.2, 0) is 19.1 Å². The summed E-state index contributed by atoms with van der Waals surface area (Å²) in [4.78, 5) is 13.5. The fourth-order valence-electron chi connectivity index (χ4n) is 3.13. The molecule has 1 aromatic carbocycles. The van der Waals surface area contributed by atoms with Gasteiger partial charge in [0.25, 0.3) is 0 Å². The van der Waals surface area contributed by atoms with Gasteiger partial charge >= 0.3 is 6.18 Å². The van der Waals surface area contributed by atoms with E-state index in [1.165, 1.54) is 12.1 Å². The minimum absolute atomic E-state index is 0.00540. The number of imidazole rings is 1. The molecule has 3 rings (SSSR count). The summed E-state index contributed by atoms with van der Waals surface area (Å²) in [5.41, 5.74) is 0.984. The Hall–Kier alpha value is -2.92. The SMILES string of the molecule is CC(C)n1c(NCCO)nc2c(NCc3ccc(C(F)(F)F)cc3)nc(CCO)nc21. The number of halogens is 3. The van der Waals surface area contributed by atoms with Crippen LogP contribution in [-0.4, -0.2) is 49.5 Å². The molecule has 0 bridgehead atoms. The van der Waals surface area contributed by atoms with Crippen LogP contribution in [0.25, 0.3) is 11.2 Å². The molecule has 0 aliphatic heterocycles. The molecule has 168 valence electrons. The van der Waals surface area contributed by atoms with Crippen molar-refractivity contribution in [3.8, 4) is 0 Å². The number of rotatable bonds is 9. The van der Waals surface area contributed by atoms with Gasteiger partial charge in [-0.25, -0.2) is 15.0 Å². The molecule has 0 saturated heterocycles. The molecule has 8 nitrogen and oxygen atoms in total. The third-order valence-corrected chi connectivity index (χ3v) is 4.57. The maximum Gasteiger partial charge on any atom is 0.416 e. The van der Waals surface area contributed by atoms with Crippen molar-refractivity contribution in [2.24, 2.45) is 0 Å². The fourth-order valence-corrected chi connectivity index (χ4v) is 3.13. The minimum Gasteiger partial charge on any atom is -0.396 e. The van der Waals surface area contributed by atoms with Crippen molar-refractivity contribution in [2.75, 3.05) is 30.4 Å². The molecule has 0 atom stereocenters. The lowest BCUT2D eigenvalue weighted by atomic mass is 10.1. The van der Waals surface area contributed by atoms with Crippen molar-refractivity contribution in [1.82, 2.24) is 19.5 Å². The quantitative estimate of drug-likeness (QED) is 0.407. The highest BCUT2D eigenvalue weighted by Crippen LogP contribution is 2.30. The van der Waals surface area contributed by atoms with Gasteiger partial charge in [-0.3, -0.25) is 4.57 Å². The molecule has 11 heteroatoms. The smallest absolute Gasteiger partial charge is 0.396 e. The summed E-state index contributed by atoms with van der Waals surface area (Å²) in [6, 6.07) is 4.89. The highest BCUT2D eigenvalue weighted by atomic mass is 19.4. The van der Waals surface area contributed by atoms with Crippen LogP contribution in [0.4, 0.5) is 24.9 Å². The van der Waals surface area contributed by atoms with Crippen LogP contribution in [0.5, 0.6) is 0 Å². The van der Waals surface area contributed by atoms with E-state index < -0.39 is 11.7 Å². The van der Waals surface area contributed by atoms with E-state index in [-0.39, 0.29) is 32.2 Å². The van der Waals surface area contributed by atoms with E-state index in [0.717, 1.165) is 12.1 Å². The summed E-state index contributed by atoms with van der Waals surface area (Å²) in [6.07, 6.45) is -4.14. The largest absolute Gasteiger partial charge is 0.416 e. The predicted octanol–water partition coefficient (Wildman–Crippen LogP) is 2.98. The summed E-state index contributed by atoms with van der Waals surface area (Å²) in [5, 5.41) is 24.7. The molecular weight excluding hydrogens is 413 g/mol. The maximum absolute atomic E-state index is 12.8. The monoisotopic (exact) mass is 438 g/mol. The Kier molecular flexibility index (Phi) is 6.96. The zero-order valence-corrected chi connectivity index (χ0v) is 17.2. The third-order valence-electron chi connectivity index (χ3n) is 4.57. The lowest BCUT2D eigenvalue weighted by molar-refractivity contribution is -0.137. The lowest BCUT2D eigenvalue weighted by Gasteiger charge is -2.13. The zero-order valence-electron chi connectivity index (χ0n) is 17.2. The van der Waals surface area contributed by atoms with Crippen LogP contribution in [0, 0.1) is 0 Å². The van der Waals surface area contributed by atoms with Gasteiger partial charge in [0.15, 0.2) is 17.0 Å². The Labute approximate surface area is 177 Å². The Morgan fingerprint density at radius 3 is 2.29 bits per heavy atom. The number of aromatic nitrogens is 4. The van der Waals surface area contributed by atoms with Gasteiger partial charge in [-0.05, 0) is 31.5 Å². The molecule has 0 unspecified atom stereocenters. The highest BCUT2D eigenvalue weighted by molar-refractivity contribution is 5.85. The lowest BCUT2D eigenvalue weighted by Crippen LogP contribution is -2.13. The van der Waals surface area contributed by atoms with E-state index in [4.69, 9.17) is 5.11 Å². The van der Waals surface area contributed by atoms with E-state index in [9.17, 15) is 18.3 Å². The van der Waals surface area contributed by atoms with Crippen molar-refractivity contribution < 1.29 is 23.4 Å². The summed E-state index contributed by atoms with van der Waals surface area (Å²) in [6.45, 7) is 4.28. The first-order valence-electron chi connectivity index (χ1n) is 9.89. The van der Waals surface area contributed by atoms with Crippen molar-refractivity contribution in [3.63, 3.8) is 0 Å². The molecule has 4 N–H and O–H groups in total. The van der Waals surface area contributed by atoms with Crippen LogP contribution in [0.15, 0.2) is 24.3 Å². The van der Waals surface area contributed by atoms with E-state index in [2.05, 4.69) is 25.6 Å². The topological polar surface area (TPSA) is 108 Å². The van der Waals surface area contributed by atoms with Gasteiger partial charge in [-0.1, -0.05) is 12.1 Å². The number of hydrogen-bond acceptors (Lipinski definition) is 7. The molecule has 0 fully saturated rings. The summed E-state index contributed by atoms with van der Waals surface area (Å²) in [7, 11) is 0. The van der Waals surface area contributed by atoms with Gasteiger partial charge in [-0.15, -0.1) is 0 Å². The first-order chi connectivity index (χ1) is 14.7. The van der Waals surface area contributed by atoms with E-state index >= 15 is 0 Å². The Balaban J connectivity index is 1.96. The predicted molar refractivity (Wildman–Crippen MR) is 111 cm³/mol. The van der Waals surface area contributed by atoms with Crippen molar-refractivity contribution in [1.29, 1.82) is 0 Å². The molecule has 2 heterocycles. The molecule has 0 amide bonds. The number of aliphatic hydroxyl groups is 2. The van der Waals surface area contributed by atoms with Gasteiger partial charge in [0.05, 0.1) is 18.8 Å². The number of nitrogens with zero attached hydrogens (tertiary/aromatic N) is 4. The summed E-state index contributed by atoms with van der Waals surface area (Å²) >= 11 is 0. The first-order valence-corrected chi connectivity index (χ1v) is 9.89. The number of benzene rings is 1. The van der Waals surface area contributed by atoms with Crippen LogP contribution in [0.2, 0.25) is 0 Å². The number of hydrogen-bond donors (Lipinski definition) is 4. The Morgan fingerprint density at radius 2 is 1.71 bits per heavy atom. The average Bonchev–Trinajstić information content (AvgIpc) is 3.09. The van der Waals surface area contributed by atoms with Gasteiger partial charge in [-0.2, -0.15) is 13.2 Å². The zero-order chi connectivity index (χ0) is 22.6. The number of fused-ring (bicyclic) bond motifs is 1. The van der Waals surface area contributed by atoms with Crippen LogP contribution in [0.3, 0.4) is 0 Å². The number of nitrogens with one attached hydrogen (secondary N) is 2. The van der Waals surface area contributed by atoms with E-state index in [0.29, 0.717) is 40.9 Å².